The van der Waals surface area contributed by atoms with Crippen molar-refractivity contribution in [2.75, 3.05) is 41.9 Å². The SMILES string of the molecule is CCCNc1nc(NC)c2nc(N[C@@H]3CCC[C@H]3O)nc(NC)c2n1. The van der Waals surface area contributed by atoms with Crippen molar-refractivity contribution in [2.45, 2.75) is 44.8 Å². The third-order valence-electron chi connectivity index (χ3n) is 4.34. The van der Waals surface area contributed by atoms with Crippen molar-refractivity contribution in [3.8, 4) is 0 Å². The van der Waals surface area contributed by atoms with Crippen LogP contribution in [-0.2, 0) is 0 Å². The van der Waals surface area contributed by atoms with E-state index in [9.17, 15) is 5.11 Å². The number of anilines is 4. The summed E-state index contributed by atoms with van der Waals surface area (Å²) in [5, 5.41) is 22.6. The number of hydrogen-bond donors (Lipinski definition) is 5. The Morgan fingerprint density at radius 2 is 1.60 bits per heavy atom. The predicted molar refractivity (Wildman–Crippen MR) is 100 cm³/mol. The van der Waals surface area contributed by atoms with Crippen LogP contribution in [0.1, 0.15) is 32.6 Å². The number of aromatic nitrogens is 4. The Morgan fingerprint density at radius 1 is 0.960 bits per heavy atom. The molecular weight excluding hydrogens is 320 g/mol. The molecule has 0 aromatic carbocycles. The lowest BCUT2D eigenvalue weighted by Gasteiger charge is -2.18. The molecule has 1 aliphatic rings. The standard InChI is InChI=1S/C16H26N8O/c1-4-8-19-15-21-11-12(13(17-2)23-15)22-16(24-14(11)18-3)20-9-6-5-7-10(9)25/h9-10,25H,4-8H2,1-3H3,(H2,17,19,21,23)(H2,18,20,22,24)/t9-,10-/m1/s1. The van der Waals surface area contributed by atoms with E-state index < -0.39 is 0 Å². The Labute approximate surface area is 147 Å². The lowest BCUT2D eigenvalue weighted by atomic mass is 10.2. The summed E-state index contributed by atoms with van der Waals surface area (Å²) in [5.74, 6) is 2.28. The Bertz CT molecular complexity index is 738. The second-order valence-corrected chi connectivity index (χ2v) is 6.16. The van der Waals surface area contributed by atoms with E-state index in [4.69, 9.17) is 0 Å². The molecule has 25 heavy (non-hydrogen) atoms. The number of hydrogen-bond acceptors (Lipinski definition) is 9. The molecule has 1 aliphatic carbocycles. The Kier molecular flexibility index (Phi) is 5.32. The van der Waals surface area contributed by atoms with Gasteiger partial charge in [-0.3, -0.25) is 0 Å². The van der Waals surface area contributed by atoms with Crippen LogP contribution >= 0.6 is 0 Å². The molecule has 2 heterocycles. The van der Waals surface area contributed by atoms with Gasteiger partial charge >= 0.3 is 0 Å². The molecule has 0 bridgehead atoms. The number of nitrogens with one attached hydrogen (secondary N) is 4. The largest absolute Gasteiger partial charge is 0.391 e. The van der Waals surface area contributed by atoms with Crippen LogP contribution in [0.4, 0.5) is 23.5 Å². The molecule has 3 rings (SSSR count). The fourth-order valence-corrected chi connectivity index (χ4v) is 3.02. The van der Waals surface area contributed by atoms with Gasteiger partial charge in [0.05, 0.1) is 12.1 Å². The summed E-state index contributed by atoms with van der Waals surface area (Å²) >= 11 is 0. The van der Waals surface area contributed by atoms with Crippen molar-refractivity contribution >= 4 is 34.6 Å². The van der Waals surface area contributed by atoms with Crippen molar-refractivity contribution < 1.29 is 5.11 Å². The van der Waals surface area contributed by atoms with Gasteiger partial charge in [-0.05, 0) is 25.7 Å². The summed E-state index contributed by atoms with van der Waals surface area (Å²) in [6.45, 7) is 2.88. The summed E-state index contributed by atoms with van der Waals surface area (Å²) in [7, 11) is 3.61. The molecule has 1 saturated carbocycles. The van der Waals surface area contributed by atoms with Gasteiger partial charge in [-0.25, -0.2) is 9.97 Å². The Hall–Kier alpha value is -2.42. The van der Waals surface area contributed by atoms with E-state index >= 15 is 0 Å². The minimum absolute atomic E-state index is 0.0217. The summed E-state index contributed by atoms with van der Waals surface area (Å²) < 4.78 is 0. The quantitative estimate of drug-likeness (QED) is 0.509. The maximum Gasteiger partial charge on any atom is 0.225 e. The van der Waals surface area contributed by atoms with E-state index in [0.717, 1.165) is 32.2 Å². The van der Waals surface area contributed by atoms with Gasteiger partial charge in [0.1, 0.15) is 11.0 Å². The van der Waals surface area contributed by atoms with Crippen molar-refractivity contribution in [2.24, 2.45) is 0 Å². The molecule has 2 aromatic rings. The summed E-state index contributed by atoms with van der Waals surface area (Å²) in [6.07, 6.45) is 3.34. The van der Waals surface area contributed by atoms with Gasteiger partial charge in [0.25, 0.3) is 0 Å². The van der Waals surface area contributed by atoms with E-state index in [1.165, 1.54) is 0 Å². The highest BCUT2D eigenvalue weighted by molar-refractivity contribution is 5.94. The van der Waals surface area contributed by atoms with Crippen molar-refractivity contribution in [3.63, 3.8) is 0 Å². The van der Waals surface area contributed by atoms with Crippen LogP contribution < -0.4 is 21.3 Å². The maximum atomic E-state index is 10.0. The highest BCUT2D eigenvalue weighted by atomic mass is 16.3. The van der Waals surface area contributed by atoms with Gasteiger partial charge in [0.2, 0.25) is 11.9 Å². The average molecular weight is 346 g/mol. The molecule has 0 saturated heterocycles. The third kappa shape index (κ3) is 3.65. The first-order chi connectivity index (χ1) is 12.2. The highest BCUT2D eigenvalue weighted by Gasteiger charge is 2.26. The number of nitrogens with zero attached hydrogens (tertiary/aromatic N) is 4. The van der Waals surface area contributed by atoms with Crippen LogP contribution in [0.5, 0.6) is 0 Å². The van der Waals surface area contributed by atoms with Gasteiger partial charge in [0.15, 0.2) is 11.6 Å². The van der Waals surface area contributed by atoms with E-state index in [0.29, 0.717) is 34.6 Å². The second kappa shape index (κ2) is 7.64. The van der Waals surface area contributed by atoms with Gasteiger partial charge in [-0.1, -0.05) is 6.92 Å². The van der Waals surface area contributed by atoms with Crippen LogP contribution in [0, 0.1) is 0 Å². The van der Waals surface area contributed by atoms with Crippen LogP contribution in [0.3, 0.4) is 0 Å². The van der Waals surface area contributed by atoms with E-state index in [2.05, 4.69) is 48.1 Å². The zero-order valence-electron chi connectivity index (χ0n) is 14.9. The van der Waals surface area contributed by atoms with E-state index in [-0.39, 0.29) is 12.1 Å². The summed E-state index contributed by atoms with van der Waals surface area (Å²) in [6, 6.07) is -0.0217. The van der Waals surface area contributed by atoms with Crippen molar-refractivity contribution in [1.82, 2.24) is 19.9 Å². The van der Waals surface area contributed by atoms with E-state index in [1.54, 1.807) is 14.1 Å². The smallest absolute Gasteiger partial charge is 0.225 e. The number of aliphatic hydroxyl groups is 1. The van der Waals surface area contributed by atoms with Gasteiger partial charge in [-0.15, -0.1) is 0 Å². The first kappa shape index (κ1) is 17.4. The third-order valence-corrected chi connectivity index (χ3v) is 4.34. The van der Waals surface area contributed by atoms with Crippen LogP contribution in [0.15, 0.2) is 0 Å². The van der Waals surface area contributed by atoms with Gasteiger partial charge in [-0.2, -0.15) is 9.97 Å². The second-order valence-electron chi connectivity index (χ2n) is 6.16. The van der Waals surface area contributed by atoms with Crippen molar-refractivity contribution in [1.29, 1.82) is 0 Å². The lowest BCUT2D eigenvalue weighted by molar-refractivity contribution is 0.171. The topological polar surface area (TPSA) is 120 Å². The predicted octanol–water partition coefficient (Wildman–Crippen LogP) is 1.65. The highest BCUT2D eigenvalue weighted by Crippen LogP contribution is 2.28. The molecular formula is C16H26N8O. The van der Waals surface area contributed by atoms with Crippen molar-refractivity contribution in [3.05, 3.63) is 0 Å². The molecule has 9 nitrogen and oxygen atoms in total. The summed E-state index contributed by atoms with van der Waals surface area (Å²) in [5.41, 5.74) is 1.29. The molecule has 0 unspecified atom stereocenters. The first-order valence-corrected chi connectivity index (χ1v) is 8.80. The lowest BCUT2D eigenvalue weighted by Crippen LogP contribution is -2.29. The first-order valence-electron chi connectivity index (χ1n) is 8.80. The Morgan fingerprint density at radius 3 is 2.16 bits per heavy atom. The minimum Gasteiger partial charge on any atom is -0.391 e. The number of rotatable bonds is 7. The zero-order valence-corrected chi connectivity index (χ0v) is 14.9. The van der Waals surface area contributed by atoms with Crippen LogP contribution in [-0.4, -0.2) is 57.8 Å². The molecule has 136 valence electrons. The molecule has 0 spiro atoms. The fourth-order valence-electron chi connectivity index (χ4n) is 3.02. The molecule has 2 atom stereocenters. The zero-order chi connectivity index (χ0) is 17.8. The molecule has 0 radical (unpaired) electrons. The maximum absolute atomic E-state index is 10.0. The molecule has 2 aromatic heterocycles. The Balaban J connectivity index is 2.01. The number of aliphatic hydroxyl groups excluding tert-OH is 1. The number of fused-ring (bicyclic) bond motifs is 1. The van der Waals surface area contributed by atoms with Crippen LogP contribution in [0.25, 0.3) is 11.0 Å². The molecule has 9 heteroatoms. The molecule has 5 N–H and O–H groups in total. The monoisotopic (exact) mass is 346 g/mol. The average Bonchev–Trinajstić information content (AvgIpc) is 3.03. The minimum atomic E-state index is -0.363. The molecule has 0 aliphatic heterocycles. The normalized spacial score (nSPS) is 19.8. The van der Waals surface area contributed by atoms with E-state index in [1.807, 2.05) is 0 Å². The van der Waals surface area contributed by atoms with Gasteiger partial charge in [0, 0.05) is 20.6 Å². The van der Waals surface area contributed by atoms with Crippen LogP contribution in [0.2, 0.25) is 0 Å². The molecule has 0 amide bonds. The molecule has 1 fully saturated rings. The summed E-state index contributed by atoms with van der Waals surface area (Å²) in [4.78, 5) is 18.2. The fraction of sp³-hybridized carbons (Fsp3) is 0.625. The van der Waals surface area contributed by atoms with Gasteiger partial charge < -0.3 is 26.4 Å².